The summed E-state index contributed by atoms with van der Waals surface area (Å²) in [5.74, 6) is -1.62. The topological polar surface area (TPSA) is 111 Å². The third kappa shape index (κ3) is 6.93. The standard InChI is InChI=1S/C12H21NO7/c1-12(2,3)20-11(17)13-9(10(16)19-5)7(14)6-8(15)18-4/h7,9,14H,6H2,1-5H3,(H,13,17)/t7-,9+/m1/s1. The lowest BCUT2D eigenvalue weighted by Crippen LogP contribution is -2.51. The number of rotatable bonds is 5. The van der Waals surface area contributed by atoms with Crippen LogP contribution in [0, 0.1) is 0 Å². The van der Waals surface area contributed by atoms with Gasteiger partial charge in [-0.2, -0.15) is 0 Å². The van der Waals surface area contributed by atoms with Crippen molar-refractivity contribution < 1.29 is 33.7 Å². The fraction of sp³-hybridized carbons (Fsp3) is 0.750. The maximum Gasteiger partial charge on any atom is 0.408 e. The van der Waals surface area contributed by atoms with Crippen molar-refractivity contribution in [3.8, 4) is 0 Å². The van der Waals surface area contributed by atoms with E-state index < -0.39 is 42.2 Å². The van der Waals surface area contributed by atoms with Crippen LogP contribution >= 0.6 is 0 Å². The lowest BCUT2D eigenvalue weighted by molar-refractivity contribution is -0.149. The number of aliphatic hydroxyl groups is 1. The largest absolute Gasteiger partial charge is 0.469 e. The molecule has 0 aromatic rings. The van der Waals surface area contributed by atoms with Crippen molar-refractivity contribution in [2.75, 3.05) is 14.2 Å². The third-order valence-corrected chi connectivity index (χ3v) is 2.12. The van der Waals surface area contributed by atoms with Crippen molar-refractivity contribution in [3.63, 3.8) is 0 Å². The van der Waals surface area contributed by atoms with E-state index in [1.807, 2.05) is 0 Å². The van der Waals surface area contributed by atoms with E-state index >= 15 is 0 Å². The molecule has 2 N–H and O–H groups in total. The highest BCUT2D eigenvalue weighted by molar-refractivity contribution is 5.83. The average molecular weight is 291 g/mol. The van der Waals surface area contributed by atoms with Gasteiger partial charge in [-0.1, -0.05) is 0 Å². The Morgan fingerprint density at radius 2 is 1.70 bits per heavy atom. The molecule has 0 aliphatic rings. The number of alkyl carbamates (subject to hydrolysis) is 1. The van der Waals surface area contributed by atoms with Crippen molar-refractivity contribution in [2.45, 2.75) is 44.9 Å². The van der Waals surface area contributed by atoms with E-state index in [-0.39, 0.29) is 0 Å². The zero-order valence-corrected chi connectivity index (χ0v) is 12.3. The third-order valence-electron chi connectivity index (χ3n) is 2.12. The summed E-state index contributed by atoms with van der Waals surface area (Å²) in [7, 11) is 2.24. The van der Waals surface area contributed by atoms with Gasteiger partial charge in [0.15, 0.2) is 6.04 Å². The SMILES string of the molecule is COC(=O)C[C@@H](O)[C@H](NC(=O)OC(C)(C)C)C(=O)OC. The van der Waals surface area contributed by atoms with Gasteiger partial charge in [-0.3, -0.25) is 4.79 Å². The molecule has 0 saturated carbocycles. The number of hydrogen-bond acceptors (Lipinski definition) is 7. The number of ether oxygens (including phenoxy) is 3. The first-order valence-electron chi connectivity index (χ1n) is 5.93. The zero-order chi connectivity index (χ0) is 15.9. The fourth-order valence-corrected chi connectivity index (χ4v) is 1.25. The summed E-state index contributed by atoms with van der Waals surface area (Å²) in [6.45, 7) is 4.93. The highest BCUT2D eigenvalue weighted by Crippen LogP contribution is 2.09. The highest BCUT2D eigenvalue weighted by atomic mass is 16.6. The number of carbonyl (C=O) groups excluding carboxylic acids is 3. The van der Waals surface area contributed by atoms with Gasteiger partial charge in [0.05, 0.1) is 26.7 Å². The molecule has 0 rings (SSSR count). The van der Waals surface area contributed by atoms with E-state index in [0.29, 0.717) is 0 Å². The van der Waals surface area contributed by atoms with Gasteiger partial charge in [-0.05, 0) is 20.8 Å². The number of carbonyl (C=O) groups is 3. The molecule has 0 fully saturated rings. The van der Waals surface area contributed by atoms with E-state index in [1.165, 1.54) is 0 Å². The summed E-state index contributed by atoms with van der Waals surface area (Å²) in [6.07, 6.45) is -2.86. The lowest BCUT2D eigenvalue weighted by Gasteiger charge is -2.24. The molecule has 20 heavy (non-hydrogen) atoms. The van der Waals surface area contributed by atoms with Crippen LogP contribution in [0.15, 0.2) is 0 Å². The lowest BCUT2D eigenvalue weighted by atomic mass is 10.1. The van der Waals surface area contributed by atoms with Crippen LogP contribution in [0.4, 0.5) is 4.79 Å². The first-order chi connectivity index (χ1) is 9.10. The number of nitrogens with one attached hydrogen (secondary N) is 1. The highest BCUT2D eigenvalue weighted by Gasteiger charge is 2.32. The molecule has 0 saturated heterocycles. The van der Waals surface area contributed by atoms with Crippen LogP contribution in [0.25, 0.3) is 0 Å². The molecule has 8 nitrogen and oxygen atoms in total. The molecule has 0 heterocycles. The van der Waals surface area contributed by atoms with Crippen LogP contribution in [-0.2, 0) is 23.8 Å². The first-order valence-corrected chi connectivity index (χ1v) is 5.93. The van der Waals surface area contributed by atoms with Crippen LogP contribution in [0.1, 0.15) is 27.2 Å². The summed E-state index contributed by atoms with van der Waals surface area (Å²) in [4.78, 5) is 34.2. The number of methoxy groups -OCH3 is 2. The predicted molar refractivity (Wildman–Crippen MR) is 67.8 cm³/mol. The molecule has 0 bridgehead atoms. The van der Waals surface area contributed by atoms with Gasteiger partial charge in [0, 0.05) is 0 Å². The predicted octanol–water partition coefficient (Wildman–Crippen LogP) is -0.0233. The van der Waals surface area contributed by atoms with Crippen molar-refractivity contribution in [1.29, 1.82) is 0 Å². The van der Waals surface area contributed by atoms with Gasteiger partial charge < -0.3 is 24.6 Å². The molecule has 2 atom stereocenters. The molecule has 0 unspecified atom stereocenters. The first kappa shape index (κ1) is 18.2. The summed E-state index contributed by atoms with van der Waals surface area (Å²) in [6, 6.07) is -1.42. The van der Waals surface area contributed by atoms with Crippen LogP contribution < -0.4 is 5.32 Å². The molecule has 0 spiro atoms. The number of esters is 2. The molecule has 0 aromatic carbocycles. The van der Waals surface area contributed by atoms with Crippen LogP contribution in [0.3, 0.4) is 0 Å². The summed E-state index contributed by atoms with van der Waals surface area (Å²) in [5, 5.41) is 11.9. The van der Waals surface area contributed by atoms with Gasteiger partial charge in [-0.25, -0.2) is 9.59 Å². The fourth-order valence-electron chi connectivity index (χ4n) is 1.25. The van der Waals surface area contributed by atoms with Gasteiger partial charge in [-0.15, -0.1) is 0 Å². The molecule has 1 amide bonds. The quantitative estimate of drug-likeness (QED) is 0.540. The molecular formula is C12H21NO7. The molecule has 0 aliphatic carbocycles. The van der Waals surface area contributed by atoms with Gasteiger partial charge in [0.2, 0.25) is 0 Å². The summed E-state index contributed by atoms with van der Waals surface area (Å²) >= 11 is 0. The Hall–Kier alpha value is -1.83. The average Bonchev–Trinajstić information content (AvgIpc) is 2.32. The Bertz CT molecular complexity index is 361. The van der Waals surface area contributed by atoms with Crippen LogP contribution in [0.5, 0.6) is 0 Å². The number of aliphatic hydroxyl groups excluding tert-OH is 1. The Kier molecular flexibility index (Phi) is 6.98. The van der Waals surface area contributed by atoms with Gasteiger partial charge in [0.1, 0.15) is 5.60 Å². The van der Waals surface area contributed by atoms with Gasteiger partial charge >= 0.3 is 18.0 Å². The molecule has 0 aromatic heterocycles. The van der Waals surface area contributed by atoms with E-state index in [2.05, 4.69) is 14.8 Å². The zero-order valence-electron chi connectivity index (χ0n) is 12.3. The smallest absolute Gasteiger partial charge is 0.408 e. The molecular weight excluding hydrogens is 270 g/mol. The Morgan fingerprint density at radius 3 is 2.10 bits per heavy atom. The Labute approximate surface area is 117 Å². The van der Waals surface area contributed by atoms with E-state index in [1.54, 1.807) is 20.8 Å². The number of amides is 1. The van der Waals surface area contributed by atoms with Crippen LogP contribution in [0.2, 0.25) is 0 Å². The number of hydrogen-bond donors (Lipinski definition) is 2. The van der Waals surface area contributed by atoms with Crippen molar-refractivity contribution in [2.24, 2.45) is 0 Å². The minimum absolute atomic E-state index is 0.466. The molecule has 116 valence electrons. The maximum atomic E-state index is 11.6. The monoisotopic (exact) mass is 291 g/mol. The van der Waals surface area contributed by atoms with Crippen LogP contribution in [-0.4, -0.2) is 55.1 Å². The van der Waals surface area contributed by atoms with Crippen molar-refractivity contribution in [3.05, 3.63) is 0 Å². The second-order valence-electron chi connectivity index (χ2n) is 4.99. The second kappa shape index (κ2) is 7.68. The Morgan fingerprint density at radius 1 is 1.15 bits per heavy atom. The normalized spacial score (nSPS) is 13.9. The summed E-state index contributed by atoms with van der Waals surface area (Å²) in [5.41, 5.74) is -0.766. The second-order valence-corrected chi connectivity index (χ2v) is 4.99. The van der Waals surface area contributed by atoms with Crippen molar-refractivity contribution >= 4 is 18.0 Å². The minimum atomic E-state index is -1.48. The summed E-state index contributed by atoms with van der Waals surface area (Å²) < 4.78 is 13.8. The van der Waals surface area contributed by atoms with E-state index in [4.69, 9.17) is 4.74 Å². The molecule has 0 aliphatic heterocycles. The van der Waals surface area contributed by atoms with E-state index in [9.17, 15) is 19.5 Å². The Balaban J connectivity index is 4.77. The van der Waals surface area contributed by atoms with E-state index in [0.717, 1.165) is 14.2 Å². The molecule has 8 heteroatoms. The van der Waals surface area contributed by atoms with Crippen molar-refractivity contribution in [1.82, 2.24) is 5.32 Å². The maximum absolute atomic E-state index is 11.6. The van der Waals surface area contributed by atoms with Gasteiger partial charge in [0.25, 0.3) is 0 Å². The minimum Gasteiger partial charge on any atom is -0.469 e. The molecule has 0 radical (unpaired) electrons.